The second-order valence-corrected chi connectivity index (χ2v) is 5.78. The summed E-state index contributed by atoms with van der Waals surface area (Å²) in [5.41, 5.74) is 7.73. The Hall–Kier alpha value is -1.52. The highest BCUT2D eigenvalue weighted by molar-refractivity contribution is 5.97. The Labute approximate surface area is 109 Å². The molecule has 5 heteroatoms. The van der Waals surface area contributed by atoms with E-state index in [9.17, 15) is 4.79 Å². The van der Waals surface area contributed by atoms with E-state index in [2.05, 4.69) is 43.2 Å². The van der Waals surface area contributed by atoms with E-state index >= 15 is 0 Å². The topological polar surface area (TPSA) is 83.8 Å². The molecule has 0 radical (unpaired) electrons. The monoisotopic (exact) mass is 252 g/mol. The van der Waals surface area contributed by atoms with Gasteiger partial charge in [-0.15, -0.1) is 0 Å². The van der Waals surface area contributed by atoms with Crippen molar-refractivity contribution in [1.29, 1.82) is 0 Å². The van der Waals surface area contributed by atoms with Crippen LogP contribution in [0, 0.1) is 5.41 Å². The van der Waals surface area contributed by atoms with Crippen molar-refractivity contribution in [2.45, 2.75) is 47.0 Å². The number of H-pyrrole nitrogens is 1. The van der Waals surface area contributed by atoms with Crippen LogP contribution in [0.5, 0.6) is 0 Å². The van der Waals surface area contributed by atoms with Crippen LogP contribution in [0.2, 0.25) is 0 Å². The highest BCUT2D eigenvalue weighted by atomic mass is 16.1. The SMILES string of the molecule is CCCc1[nH]nc(C(=O)NCCC(C)(C)C)c1N. The fourth-order valence-corrected chi connectivity index (χ4v) is 1.64. The second kappa shape index (κ2) is 5.89. The molecule has 0 fully saturated rings. The molecule has 5 nitrogen and oxygen atoms in total. The Kier molecular flexibility index (Phi) is 4.76. The number of carbonyl (C=O) groups excluding carboxylic acids is 1. The van der Waals surface area contributed by atoms with Crippen molar-refractivity contribution in [2.75, 3.05) is 12.3 Å². The smallest absolute Gasteiger partial charge is 0.273 e. The summed E-state index contributed by atoms with van der Waals surface area (Å²) in [7, 11) is 0. The van der Waals surface area contributed by atoms with Gasteiger partial charge in [0.05, 0.1) is 11.4 Å². The average molecular weight is 252 g/mol. The molecular weight excluding hydrogens is 228 g/mol. The first kappa shape index (κ1) is 14.5. The predicted octanol–water partition coefficient (Wildman–Crippen LogP) is 2.11. The fourth-order valence-electron chi connectivity index (χ4n) is 1.64. The number of aromatic amines is 1. The number of rotatable bonds is 5. The molecule has 0 saturated carbocycles. The molecule has 0 unspecified atom stereocenters. The van der Waals surface area contributed by atoms with Crippen LogP contribution in [0.1, 0.15) is 56.7 Å². The first-order valence-corrected chi connectivity index (χ1v) is 6.46. The zero-order valence-corrected chi connectivity index (χ0v) is 11.8. The minimum Gasteiger partial charge on any atom is -0.395 e. The van der Waals surface area contributed by atoms with Crippen molar-refractivity contribution in [3.05, 3.63) is 11.4 Å². The van der Waals surface area contributed by atoms with Crippen LogP contribution in [0.15, 0.2) is 0 Å². The number of carbonyl (C=O) groups is 1. The molecule has 1 aromatic rings. The Bertz CT molecular complexity index is 404. The maximum atomic E-state index is 11.9. The van der Waals surface area contributed by atoms with Crippen molar-refractivity contribution < 1.29 is 4.79 Å². The number of nitrogens with two attached hydrogens (primary N) is 1. The van der Waals surface area contributed by atoms with Crippen LogP contribution in [0.3, 0.4) is 0 Å². The molecule has 18 heavy (non-hydrogen) atoms. The zero-order chi connectivity index (χ0) is 13.8. The molecule has 0 aliphatic carbocycles. The molecule has 0 spiro atoms. The van der Waals surface area contributed by atoms with Gasteiger partial charge in [0, 0.05) is 6.54 Å². The van der Waals surface area contributed by atoms with Gasteiger partial charge in [0.15, 0.2) is 5.69 Å². The summed E-state index contributed by atoms with van der Waals surface area (Å²) in [5, 5.41) is 9.66. The molecule has 1 aromatic heterocycles. The highest BCUT2D eigenvalue weighted by Gasteiger charge is 2.17. The largest absolute Gasteiger partial charge is 0.395 e. The Balaban J connectivity index is 2.57. The van der Waals surface area contributed by atoms with Gasteiger partial charge in [0.1, 0.15) is 0 Å². The van der Waals surface area contributed by atoms with Gasteiger partial charge in [-0.1, -0.05) is 34.1 Å². The molecule has 0 bridgehead atoms. The molecule has 0 saturated heterocycles. The van der Waals surface area contributed by atoms with Gasteiger partial charge < -0.3 is 11.1 Å². The minimum absolute atomic E-state index is 0.199. The minimum atomic E-state index is -0.199. The highest BCUT2D eigenvalue weighted by Crippen LogP contribution is 2.18. The summed E-state index contributed by atoms with van der Waals surface area (Å²) in [6, 6.07) is 0. The quantitative estimate of drug-likeness (QED) is 0.750. The summed E-state index contributed by atoms with van der Waals surface area (Å²) in [6.45, 7) is 9.12. The van der Waals surface area contributed by atoms with Crippen molar-refractivity contribution in [3.63, 3.8) is 0 Å². The lowest BCUT2D eigenvalue weighted by Gasteiger charge is -2.17. The Morgan fingerprint density at radius 3 is 2.67 bits per heavy atom. The van der Waals surface area contributed by atoms with E-state index in [1.165, 1.54) is 0 Å². The predicted molar refractivity (Wildman–Crippen MR) is 73.4 cm³/mol. The molecule has 102 valence electrons. The fraction of sp³-hybridized carbons (Fsp3) is 0.692. The Morgan fingerprint density at radius 2 is 2.11 bits per heavy atom. The number of amides is 1. The number of anilines is 1. The molecule has 0 aliphatic rings. The van der Waals surface area contributed by atoms with Crippen LogP contribution in [0.25, 0.3) is 0 Å². The van der Waals surface area contributed by atoms with Gasteiger partial charge >= 0.3 is 0 Å². The lowest BCUT2D eigenvalue weighted by atomic mass is 9.92. The number of hydrogen-bond donors (Lipinski definition) is 3. The van der Waals surface area contributed by atoms with Crippen molar-refractivity contribution in [2.24, 2.45) is 5.41 Å². The summed E-state index contributed by atoms with van der Waals surface area (Å²) in [6.07, 6.45) is 2.70. The molecule has 0 aromatic carbocycles. The van der Waals surface area contributed by atoms with Crippen molar-refractivity contribution >= 4 is 11.6 Å². The summed E-state index contributed by atoms with van der Waals surface area (Å²) in [5.74, 6) is -0.199. The number of hydrogen-bond acceptors (Lipinski definition) is 3. The van der Waals surface area contributed by atoms with E-state index in [4.69, 9.17) is 5.73 Å². The van der Waals surface area contributed by atoms with E-state index in [-0.39, 0.29) is 11.3 Å². The van der Waals surface area contributed by atoms with Crippen LogP contribution in [-0.4, -0.2) is 22.6 Å². The van der Waals surface area contributed by atoms with Crippen molar-refractivity contribution in [1.82, 2.24) is 15.5 Å². The van der Waals surface area contributed by atoms with Gasteiger partial charge in [-0.2, -0.15) is 5.10 Å². The normalized spacial score (nSPS) is 11.6. The molecule has 1 amide bonds. The van der Waals surface area contributed by atoms with Crippen LogP contribution < -0.4 is 11.1 Å². The van der Waals surface area contributed by atoms with Crippen LogP contribution in [0.4, 0.5) is 5.69 Å². The van der Waals surface area contributed by atoms with E-state index in [1.807, 2.05) is 0 Å². The van der Waals surface area contributed by atoms with Gasteiger partial charge in [-0.25, -0.2) is 0 Å². The van der Waals surface area contributed by atoms with E-state index in [1.54, 1.807) is 0 Å². The summed E-state index contributed by atoms with van der Waals surface area (Å²) in [4.78, 5) is 11.9. The van der Waals surface area contributed by atoms with Crippen molar-refractivity contribution in [3.8, 4) is 0 Å². The second-order valence-electron chi connectivity index (χ2n) is 5.78. The zero-order valence-electron chi connectivity index (χ0n) is 11.8. The van der Waals surface area contributed by atoms with Gasteiger partial charge in [0.2, 0.25) is 0 Å². The molecular formula is C13H24N4O. The lowest BCUT2D eigenvalue weighted by Crippen LogP contribution is -2.28. The van der Waals surface area contributed by atoms with E-state index < -0.39 is 0 Å². The number of aryl methyl sites for hydroxylation is 1. The maximum absolute atomic E-state index is 11.9. The molecule has 1 heterocycles. The molecule has 1 rings (SSSR count). The molecule has 4 N–H and O–H groups in total. The van der Waals surface area contributed by atoms with Crippen LogP contribution >= 0.6 is 0 Å². The molecule has 0 atom stereocenters. The standard InChI is InChI=1S/C13H24N4O/c1-5-6-9-10(14)11(17-16-9)12(18)15-8-7-13(2,3)4/h5-8,14H2,1-4H3,(H,15,18)(H,16,17). The van der Waals surface area contributed by atoms with E-state index in [0.717, 1.165) is 25.0 Å². The number of nitrogens with zero attached hydrogens (tertiary/aromatic N) is 1. The Morgan fingerprint density at radius 1 is 1.44 bits per heavy atom. The lowest BCUT2D eigenvalue weighted by molar-refractivity contribution is 0.0945. The van der Waals surface area contributed by atoms with E-state index in [0.29, 0.717) is 17.9 Å². The number of nitrogens with one attached hydrogen (secondary N) is 2. The first-order chi connectivity index (χ1) is 8.35. The number of nitrogen functional groups attached to an aromatic ring is 1. The third-order valence-electron chi connectivity index (χ3n) is 2.76. The average Bonchev–Trinajstić information content (AvgIpc) is 2.59. The number of aromatic nitrogens is 2. The van der Waals surface area contributed by atoms with Gasteiger partial charge in [-0.05, 0) is 18.3 Å². The summed E-state index contributed by atoms with van der Waals surface area (Å²) >= 11 is 0. The third kappa shape index (κ3) is 4.05. The third-order valence-corrected chi connectivity index (χ3v) is 2.76. The van der Waals surface area contributed by atoms with Crippen LogP contribution in [-0.2, 0) is 6.42 Å². The first-order valence-electron chi connectivity index (χ1n) is 6.46. The van der Waals surface area contributed by atoms with Gasteiger partial charge in [-0.3, -0.25) is 9.89 Å². The summed E-state index contributed by atoms with van der Waals surface area (Å²) < 4.78 is 0. The van der Waals surface area contributed by atoms with Gasteiger partial charge in [0.25, 0.3) is 5.91 Å². The maximum Gasteiger partial charge on any atom is 0.273 e. The molecule has 0 aliphatic heterocycles.